The monoisotopic (exact) mass is 416 g/mol. The van der Waals surface area contributed by atoms with E-state index < -0.39 is 5.60 Å². The van der Waals surface area contributed by atoms with Gasteiger partial charge in [0, 0.05) is 24.2 Å². The lowest BCUT2D eigenvalue weighted by atomic mass is 9.84. The molecule has 3 aromatic carbocycles. The molecular formula is C25H21FN2O3. The van der Waals surface area contributed by atoms with Gasteiger partial charge in [-0.25, -0.2) is 9.37 Å². The number of carbonyl (C=O) groups is 1. The van der Waals surface area contributed by atoms with Gasteiger partial charge in [0.1, 0.15) is 11.3 Å². The summed E-state index contributed by atoms with van der Waals surface area (Å²) in [5.41, 5.74) is 2.11. The second-order valence-corrected chi connectivity index (χ2v) is 7.90. The van der Waals surface area contributed by atoms with Gasteiger partial charge in [0.15, 0.2) is 5.58 Å². The minimum atomic E-state index is -0.909. The van der Waals surface area contributed by atoms with E-state index in [4.69, 9.17) is 4.42 Å². The van der Waals surface area contributed by atoms with E-state index >= 15 is 0 Å². The molecule has 156 valence electrons. The first-order valence-electron chi connectivity index (χ1n) is 10.3. The summed E-state index contributed by atoms with van der Waals surface area (Å²) in [5, 5.41) is 11.0. The van der Waals surface area contributed by atoms with Gasteiger partial charge in [-0.15, -0.1) is 0 Å². The van der Waals surface area contributed by atoms with Crippen LogP contribution in [0.3, 0.4) is 0 Å². The molecule has 0 spiro atoms. The highest BCUT2D eigenvalue weighted by Crippen LogP contribution is 2.33. The van der Waals surface area contributed by atoms with Gasteiger partial charge in [0.25, 0.3) is 5.91 Å². The number of benzene rings is 3. The zero-order valence-electron chi connectivity index (χ0n) is 16.8. The SMILES string of the molecule is O=C(c1ccc2oc(-c3cccc(F)c3)nc2c1)N1CCC(O)(c2ccccc2)CC1. The number of hydrogen-bond acceptors (Lipinski definition) is 4. The maximum Gasteiger partial charge on any atom is 0.253 e. The Morgan fingerprint density at radius 2 is 1.77 bits per heavy atom. The summed E-state index contributed by atoms with van der Waals surface area (Å²) in [6.07, 6.45) is 0.970. The smallest absolute Gasteiger partial charge is 0.253 e. The Kier molecular flexibility index (Phi) is 4.79. The molecule has 31 heavy (non-hydrogen) atoms. The Balaban J connectivity index is 1.34. The number of fused-ring (bicyclic) bond motifs is 1. The van der Waals surface area contributed by atoms with Crippen molar-refractivity contribution in [1.29, 1.82) is 0 Å². The van der Waals surface area contributed by atoms with Crippen LogP contribution >= 0.6 is 0 Å². The number of nitrogens with zero attached hydrogens (tertiary/aromatic N) is 2. The van der Waals surface area contributed by atoms with E-state index in [1.54, 1.807) is 35.2 Å². The number of aliphatic hydroxyl groups is 1. The number of halogens is 1. The normalized spacial score (nSPS) is 15.9. The minimum absolute atomic E-state index is 0.104. The van der Waals surface area contributed by atoms with Gasteiger partial charge in [0.05, 0.1) is 5.60 Å². The number of oxazole rings is 1. The number of hydrogen-bond donors (Lipinski definition) is 1. The van der Waals surface area contributed by atoms with Crippen LogP contribution in [-0.4, -0.2) is 34.0 Å². The Morgan fingerprint density at radius 3 is 2.52 bits per heavy atom. The summed E-state index contributed by atoms with van der Waals surface area (Å²) in [4.78, 5) is 19.2. The van der Waals surface area contributed by atoms with E-state index in [-0.39, 0.29) is 11.7 Å². The number of amides is 1. The van der Waals surface area contributed by atoms with Crippen LogP contribution in [0.1, 0.15) is 28.8 Å². The van der Waals surface area contributed by atoms with Crippen molar-refractivity contribution < 1.29 is 18.7 Å². The zero-order valence-corrected chi connectivity index (χ0v) is 16.8. The summed E-state index contributed by atoms with van der Waals surface area (Å²) in [6, 6.07) is 20.8. The summed E-state index contributed by atoms with van der Waals surface area (Å²) in [5.74, 6) is -0.159. The molecule has 1 fully saturated rings. The highest BCUT2D eigenvalue weighted by Gasteiger charge is 2.35. The summed E-state index contributed by atoms with van der Waals surface area (Å²) >= 11 is 0. The van der Waals surface area contributed by atoms with Gasteiger partial charge in [0.2, 0.25) is 5.89 Å². The molecule has 2 heterocycles. The molecule has 5 rings (SSSR count). The van der Waals surface area contributed by atoms with Crippen molar-refractivity contribution in [3.05, 3.63) is 89.7 Å². The Morgan fingerprint density at radius 1 is 1.00 bits per heavy atom. The third-order valence-electron chi connectivity index (χ3n) is 5.90. The molecular weight excluding hydrogens is 395 g/mol. The fraction of sp³-hybridized carbons (Fsp3) is 0.200. The third kappa shape index (κ3) is 3.70. The molecule has 1 aliphatic heterocycles. The first-order chi connectivity index (χ1) is 15.0. The van der Waals surface area contributed by atoms with Gasteiger partial charge in [-0.1, -0.05) is 36.4 Å². The number of likely N-dealkylation sites (tertiary alicyclic amines) is 1. The van der Waals surface area contributed by atoms with Crippen molar-refractivity contribution in [2.75, 3.05) is 13.1 Å². The first kappa shape index (κ1) is 19.5. The van der Waals surface area contributed by atoms with E-state index in [0.29, 0.717) is 54.0 Å². The van der Waals surface area contributed by atoms with Crippen LogP contribution in [-0.2, 0) is 5.60 Å². The van der Waals surface area contributed by atoms with E-state index in [2.05, 4.69) is 4.98 Å². The zero-order chi connectivity index (χ0) is 21.4. The quantitative estimate of drug-likeness (QED) is 0.523. The van der Waals surface area contributed by atoms with Gasteiger partial charge in [-0.2, -0.15) is 0 Å². The molecule has 4 aromatic rings. The molecule has 0 bridgehead atoms. The topological polar surface area (TPSA) is 66.6 Å². The Bertz CT molecular complexity index is 1240. The van der Waals surface area contributed by atoms with Crippen LogP contribution in [0.2, 0.25) is 0 Å². The number of piperidine rings is 1. The van der Waals surface area contributed by atoms with Gasteiger partial charge in [-0.05, 0) is 54.8 Å². The predicted molar refractivity (Wildman–Crippen MR) is 115 cm³/mol. The lowest BCUT2D eigenvalue weighted by Crippen LogP contribution is -2.45. The summed E-state index contributed by atoms with van der Waals surface area (Å²) in [6.45, 7) is 0.936. The van der Waals surface area contributed by atoms with Crippen molar-refractivity contribution in [3.63, 3.8) is 0 Å². The first-order valence-corrected chi connectivity index (χ1v) is 10.3. The number of carbonyl (C=O) groups excluding carboxylic acids is 1. The fourth-order valence-corrected chi connectivity index (χ4v) is 4.10. The maximum atomic E-state index is 13.5. The van der Waals surface area contributed by atoms with Crippen LogP contribution in [0.5, 0.6) is 0 Å². The average molecular weight is 416 g/mol. The largest absolute Gasteiger partial charge is 0.436 e. The number of rotatable bonds is 3. The molecule has 0 saturated carbocycles. The van der Waals surface area contributed by atoms with E-state index in [9.17, 15) is 14.3 Å². The lowest BCUT2D eigenvalue weighted by molar-refractivity contribution is -0.0211. The van der Waals surface area contributed by atoms with Crippen molar-refractivity contribution >= 4 is 17.0 Å². The molecule has 1 amide bonds. The molecule has 0 atom stereocenters. The molecule has 1 N–H and O–H groups in total. The molecule has 6 heteroatoms. The molecule has 0 aliphatic carbocycles. The summed E-state index contributed by atoms with van der Waals surface area (Å²) in [7, 11) is 0. The molecule has 5 nitrogen and oxygen atoms in total. The van der Waals surface area contributed by atoms with Crippen molar-refractivity contribution in [3.8, 4) is 11.5 Å². The minimum Gasteiger partial charge on any atom is -0.436 e. The summed E-state index contributed by atoms with van der Waals surface area (Å²) < 4.78 is 19.2. The molecule has 0 unspecified atom stereocenters. The Labute approximate surface area is 178 Å². The van der Waals surface area contributed by atoms with Crippen LogP contribution in [0.25, 0.3) is 22.6 Å². The Hall–Kier alpha value is -3.51. The van der Waals surface area contributed by atoms with Crippen LogP contribution in [0.4, 0.5) is 4.39 Å². The highest BCUT2D eigenvalue weighted by molar-refractivity contribution is 5.97. The highest BCUT2D eigenvalue weighted by atomic mass is 19.1. The van der Waals surface area contributed by atoms with Crippen LogP contribution < -0.4 is 0 Å². The van der Waals surface area contributed by atoms with Gasteiger partial charge in [-0.3, -0.25) is 4.79 Å². The van der Waals surface area contributed by atoms with Crippen molar-refractivity contribution in [2.45, 2.75) is 18.4 Å². The average Bonchev–Trinajstić information content (AvgIpc) is 3.23. The predicted octanol–water partition coefficient (Wildman–Crippen LogP) is 4.76. The van der Waals surface area contributed by atoms with E-state index in [0.717, 1.165) is 5.56 Å². The molecule has 1 aliphatic rings. The molecule has 1 aromatic heterocycles. The van der Waals surface area contributed by atoms with Crippen molar-refractivity contribution in [2.24, 2.45) is 0 Å². The second-order valence-electron chi connectivity index (χ2n) is 7.90. The molecule has 1 saturated heterocycles. The van der Waals surface area contributed by atoms with Gasteiger partial charge < -0.3 is 14.4 Å². The van der Waals surface area contributed by atoms with Crippen LogP contribution in [0, 0.1) is 5.82 Å². The van der Waals surface area contributed by atoms with E-state index in [1.165, 1.54) is 12.1 Å². The third-order valence-corrected chi connectivity index (χ3v) is 5.90. The maximum absolute atomic E-state index is 13.5. The lowest BCUT2D eigenvalue weighted by Gasteiger charge is -2.38. The van der Waals surface area contributed by atoms with E-state index in [1.807, 2.05) is 30.3 Å². The van der Waals surface area contributed by atoms with Gasteiger partial charge >= 0.3 is 0 Å². The van der Waals surface area contributed by atoms with Crippen molar-refractivity contribution in [1.82, 2.24) is 9.88 Å². The standard InChI is InChI=1S/C25H21FN2O3/c26-20-8-4-5-17(15-20)23-27-21-16-18(9-10-22(21)31-23)24(29)28-13-11-25(30,12-14-28)19-6-2-1-3-7-19/h1-10,15-16,30H,11-14H2. The second kappa shape index (κ2) is 7.63. The number of aromatic nitrogens is 1. The van der Waals surface area contributed by atoms with Crippen LogP contribution in [0.15, 0.2) is 77.2 Å². The molecule has 0 radical (unpaired) electrons. The fourth-order valence-electron chi connectivity index (χ4n) is 4.10.